The van der Waals surface area contributed by atoms with Gasteiger partial charge in [-0.3, -0.25) is 14.8 Å². The molecule has 1 atom stereocenters. The summed E-state index contributed by atoms with van der Waals surface area (Å²) in [6.07, 6.45) is 7.11. The molecule has 0 bridgehead atoms. The summed E-state index contributed by atoms with van der Waals surface area (Å²) in [6.45, 7) is 18.4. The van der Waals surface area contributed by atoms with Gasteiger partial charge in [0, 0.05) is 62.9 Å². The number of anilines is 1. The first-order chi connectivity index (χ1) is 23.2. The van der Waals surface area contributed by atoms with Crippen LogP contribution >= 0.6 is 0 Å². The number of sulfone groups is 1. The van der Waals surface area contributed by atoms with Gasteiger partial charge < -0.3 is 19.3 Å². The number of hydrogen-bond acceptors (Lipinski definition) is 9. The molecule has 9 nitrogen and oxygen atoms in total. The van der Waals surface area contributed by atoms with E-state index in [1.54, 1.807) is 37.6 Å². The number of methoxy groups -OCH3 is 1. The summed E-state index contributed by atoms with van der Waals surface area (Å²) in [5, 5.41) is 0.805. The lowest BCUT2D eigenvalue weighted by molar-refractivity contribution is 0.0384. The average Bonchev–Trinajstić information content (AvgIpc) is 3.11. The molecular formula is C38H55N5O4S. The SMILES string of the molecule is CCN1CCC(N2CCN(C3CCN(c4c(S(=O)(=O)c5ccc(OC(C)CC(C)C)cc5)cnc5ccc(OC)cc45)CC3)CC2)CC1. The third kappa shape index (κ3) is 7.77. The number of likely N-dealkylation sites (tertiary alicyclic amines) is 1. The standard InChI is InChI=1S/C38H55N5O4S/c1-6-40-17-13-30(14-18-40)41-21-23-42(24-22-41)31-15-19-43(20-16-31)38-35-26-33(46-5)9-12-36(35)39-27-37(38)48(44,45)34-10-7-32(8-11-34)47-29(4)25-28(2)3/h7-12,26-31H,6,13-25H2,1-5H3. The van der Waals surface area contributed by atoms with Crippen LogP contribution in [0.1, 0.15) is 59.8 Å². The van der Waals surface area contributed by atoms with Crippen molar-refractivity contribution in [1.29, 1.82) is 0 Å². The summed E-state index contributed by atoms with van der Waals surface area (Å²) in [6, 6.07) is 13.8. The topological polar surface area (TPSA) is 78.5 Å². The van der Waals surface area contributed by atoms with Crippen molar-refractivity contribution in [2.45, 2.75) is 87.8 Å². The fourth-order valence-electron chi connectivity index (χ4n) is 8.08. The maximum Gasteiger partial charge on any atom is 0.210 e. The van der Waals surface area contributed by atoms with Gasteiger partial charge in [0.15, 0.2) is 0 Å². The summed E-state index contributed by atoms with van der Waals surface area (Å²) >= 11 is 0. The molecule has 3 aliphatic rings. The summed E-state index contributed by atoms with van der Waals surface area (Å²) in [5.74, 6) is 1.88. The van der Waals surface area contributed by atoms with Crippen molar-refractivity contribution >= 4 is 26.4 Å². The minimum Gasteiger partial charge on any atom is -0.497 e. The highest BCUT2D eigenvalue weighted by molar-refractivity contribution is 7.91. The molecular weight excluding hydrogens is 623 g/mol. The largest absolute Gasteiger partial charge is 0.497 e. The van der Waals surface area contributed by atoms with Crippen LogP contribution in [0.25, 0.3) is 10.9 Å². The van der Waals surface area contributed by atoms with Gasteiger partial charge in [-0.05, 0) is 107 Å². The van der Waals surface area contributed by atoms with Gasteiger partial charge in [0.2, 0.25) is 9.84 Å². The van der Waals surface area contributed by atoms with Crippen molar-refractivity contribution < 1.29 is 17.9 Å². The molecule has 4 heterocycles. The van der Waals surface area contributed by atoms with Crippen LogP contribution < -0.4 is 14.4 Å². The smallest absolute Gasteiger partial charge is 0.210 e. The van der Waals surface area contributed by atoms with E-state index in [1.807, 2.05) is 25.1 Å². The highest BCUT2D eigenvalue weighted by atomic mass is 32.2. The molecule has 0 saturated carbocycles. The fraction of sp³-hybridized carbons (Fsp3) is 0.605. The van der Waals surface area contributed by atoms with E-state index in [9.17, 15) is 8.42 Å². The number of aromatic nitrogens is 1. The lowest BCUT2D eigenvalue weighted by Gasteiger charge is -2.46. The van der Waals surface area contributed by atoms with E-state index in [2.05, 4.69) is 45.4 Å². The molecule has 1 unspecified atom stereocenters. The van der Waals surface area contributed by atoms with Crippen LogP contribution in [0.3, 0.4) is 0 Å². The van der Waals surface area contributed by atoms with Crippen LogP contribution in [-0.4, -0.2) is 112 Å². The molecule has 3 saturated heterocycles. The zero-order chi connectivity index (χ0) is 33.8. The molecule has 262 valence electrons. The number of ether oxygens (including phenoxy) is 2. The number of fused-ring (bicyclic) bond motifs is 1. The van der Waals surface area contributed by atoms with E-state index in [0.717, 1.165) is 87.7 Å². The van der Waals surface area contributed by atoms with Crippen LogP contribution in [0, 0.1) is 5.92 Å². The van der Waals surface area contributed by atoms with Crippen LogP contribution in [0.5, 0.6) is 11.5 Å². The highest BCUT2D eigenvalue weighted by Gasteiger charge is 2.34. The second-order valence-electron chi connectivity index (χ2n) is 14.3. The first kappa shape index (κ1) is 34.9. The predicted octanol–water partition coefficient (Wildman–Crippen LogP) is 5.96. The quantitative estimate of drug-likeness (QED) is 0.244. The first-order valence-corrected chi connectivity index (χ1v) is 19.6. The second kappa shape index (κ2) is 15.3. The molecule has 6 rings (SSSR count). The van der Waals surface area contributed by atoms with E-state index in [0.29, 0.717) is 23.5 Å². The maximum atomic E-state index is 14.3. The molecule has 0 N–H and O–H groups in total. The zero-order valence-electron chi connectivity index (χ0n) is 29.6. The van der Waals surface area contributed by atoms with Crippen molar-refractivity contribution in [1.82, 2.24) is 19.7 Å². The molecule has 1 aromatic heterocycles. The predicted molar refractivity (Wildman–Crippen MR) is 193 cm³/mol. The number of benzene rings is 2. The Kier molecular flexibility index (Phi) is 11.1. The Balaban J connectivity index is 1.18. The Hall–Kier alpha value is -2.92. The zero-order valence-corrected chi connectivity index (χ0v) is 30.4. The maximum absolute atomic E-state index is 14.3. The average molecular weight is 678 g/mol. The van der Waals surface area contributed by atoms with Gasteiger partial charge in [-0.1, -0.05) is 20.8 Å². The molecule has 3 aromatic rings. The number of pyridine rings is 1. The summed E-state index contributed by atoms with van der Waals surface area (Å²) < 4.78 is 40.3. The van der Waals surface area contributed by atoms with Gasteiger partial charge in [0.1, 0.15) is 16.4 Å². The number of rotatable bonds is 11. The summed E-state index contributed by atoms with van der Waals surface area (Å²) in [4.78, 5) is 15.4. The molecule has 0 spiro atoms. The second-order valence-corrected chi connectivity index (χ2v) is 16.3. The van der Waals surface area contributed by atoms with Crippen LogP contribution in [0.4, 0.5) is 5.69 Å². The van der Waals surface area contributed by atoms with Crippen LogP contribution in [0.15, 0.2) is 58.5 Å². The molecule has 0 amide bonds. The monoisotopic (exact) mass is 677 g/mol. The molecule has 3 fully saturated rings. The minimum absolute atomic E-state index is 0.0504. The Bertz CT molecular complexity index is 1610. The molecule has 0 radical (unpaired) electrons. The van der Waals surface area contributed by atoms with Crippen LogP contribution in [0.2, 0.25) is 0 Å². The fourth-order valence-corrected chi connectivity index (χ4v) is 9.51. The van der Waals surface area contributed by atoms with Gasteiger partial charge in [-0.2, -0.15) is 0 Å². The lowest BCUT2D eigenvalue weighted by atomic mass is 9.99. The molecule has 2 aromatic carbocycles. The van der Waals surface area contributed by atoms with E-state index in [1.165, 1.54) is 25.9 Å². The van der Waals surface area contributed by atoms with Crippen molar-refractivity contribution in [2.24, 2.45) is 5.92 Å². The van der Waals surface area contributed by atoms with Crippen LogP contribution in [-0.2, 0) is 9.84 Å². The molecule has 3 aliphatic heterocycles. The van der Waals surface area contributed by atoms with Crippen molar-refractivity contribution in [2.75, 3.05) is 70.9 Å². The van der Waals surface area contributed by atoms with E-state index in [4.69, 9.17) is 9.47 Å². The van der Waals surface area contributed by atoms with Gasteiger partial charge in [0.25, 0.3) is 0 Å². The Morgan fingerprint density at radius 1 is 0.812 bits per heavy atom. The van der Waals surface area contributed by atoms with Crippen molar-refractivity contribution in [3.8, 4) is 11.5 Å². The summed E-state index contributed by atoms with van der Waals surface area (Å²) in [7, 11) is -2.23. The third-order valence-corrected chi connectivity index (χ3v) is 12.5. The van der Waals surface area contributed by atoms with E-state index < -0.39 is 9.84 Å². The number of hydrogen-bond donors (Lipinski definition) is 0. The van der Waals surface area contributed by atoms with Gasteiger partial charge in [-0.25, -0.2) is 8.42 Å². The summed E-state index contributed by atoms with van der Waals surface area (Å²) in [5.41, 5.74) is 1.49. The van der Waals surface area contributed by atoms with E-state index >= 15 is 0 Å². The third-order valence-electron chi connectivity index (χ3n) is 10.7. The first-order valence-electron chi connectivity index (χ1n) is 18.1. The van der Waals surface area contributed by atoms with Gasteiger partial charge in [0.05, 0.1) is 29.3 Å². The molecule has 10 heteroatoms. The Labute approximate surface area is 288 Å². The van der Waals surface area contributed by atoms with Crippen molar-refractivity contribution in [3.63, 3.8) is 0 Å². The highest BCUT2D eigenvalue weighted by Crippen LogP contribution is 2.39. The Morgan fingerprint density at radius 3 is 1.96 bits per heavy atom. The van der Waals surface area contributed by atoms with E-state index in [-0.39, 0.29) is 15.9 Å². The molecule has 0 aliphatic carbocycles. The minimum atomic E-state index is -3.87. The lowest BCUT2D eigenvalue weighted by Crippen LogP contribution is -2.56. The van der Waals surface area contributed by atoms with Gasteiger partial charge in [-0.15, -0.1) is 0 Å². The van der Waals surface area contributed by atoms with Gasteiger partial charge >= 0.3 is 0 Å². The normalized spacial score (nSPS) is 20.4. The van der Waals surface area contributed by atoms with Crippen molar-refractivity contribution in [3.05, 3.63) is 48.7 Å². The number of nitrogens with zero attached hydrogens (tertiary/aromatic N) is 5. The number of piperidine rings is 2. The number of piperazine rings is 1. The Morgan fingerprint density at radius 2 is 1.40 bits per heavy atom. The molecule has 48 heavy (non-hydrogen) atoms.